The first-order valence-corrected chi connectivity index (χ1v) is 7.40. The fraction of sp³-hybridized carbons (Fsp3) is 0.188. The van der Waals surface area contributed by atoms with Gasteiger partial charge in [-0.15, -0.1) is 6.58 Å². The van der Waals surface area contributed by atoms with E-state index < -0.39 is 11.2 Å². The van der Waals surface area contributed by atoms with Crippen LogP contribution in [-0.4, -0.2) is 18.7 Å². The first kappa shape index (κ1) is 15.8. The molecule has 3 N–H and O–H groups in total. The predicted octanol–water partition coefficient (Wildman–Crippen LogP) is 0.417. The van der Waals surface area contributed by atoms with Gasteiger partial charge in [0.2, 0.25) is 5.95 Å². The first-order valence-electron chi connectivity index (χ1n) is 7.40. The van der Waals surface area contributed by atoms with Crippen LogP contribution in [0.15, 0.2) is 52.6 Å². The predicted molar refractivity (Wildman–Crippen MR) is 92.8 cm³/mol. The number of nitrogens with zero attached hydrogens (tertiary/aromatic N) is 4. The molecule has 0 fully saturated rings. The molecule has 0 radical (unpaired) electrons. The van der Waals surface area contributed by atoms with Crippen LogP contribution in [0.5, 0.6) is 0 Å². The summed E-state index contributed by atoms with van der Waals surface area (Å²) in [5.41, 5.74) is 3.22. The summed E-state index contributed by atoms with van der Waals surface area (Å²) in [4.78, 5) is 29.4. The summed E-state index contributed by atoms with van der Waals surface area (Å²) < 4.78 is 4.13. The summed E-state index contributed by atoms with van der Waals surface area (Å²) in [6.45, 7) is 4.13. The molecule has 2 aromatic heterocycles. The average Bonchev–Trinajstić information content (AvgIpc) is 2.96. The van der Waals surface area contributed by atoms with Crippen molar-refractivity contribution in [3.63, 3.8) is 0 Å². The minimum Gasteiger partial charge on any atom is -0.299 e. The largest absolute Gasteiger partial charge is 0.332 e. The van der Waals surface area contributed by atoms with Gasteiger partial charge in [-0.25, -0.2) is 10.6 Å². The van der Waals surface area contributed by atoms with Gasteiger partial charge in [-0.05, 0) is 5.56 Å². The zero-order valence-electron chi connectivity index (χ0n) is 13.3. The van der Waals surface area contributed by atoms with Crippen molar-refractivity contribution in [2.45, 2.75) is 13.1 Å². The van der Waals surface area contributed by atoms with Crippen molar-refractivity contribution < 1.29 is 0 Å². The maximum Gasteiger partial charge on any atom is 0.332 e. The second kappa shape index (κ2) is 6.17. The van der Waals surface area contributed by atoms with Gasteiger partial charge in [-0.3, -0.25) is 23.9 Å². The van der Waals surface area contributed by atoms with Gasteiger partial charge in [0.15, 0.2) is 11.2 Å². The van der Waals surface area contributed by atoms with Crippen molar-refractivity contribution in [3.05, 3.63) is 69.4 Å². The minimum atomic E-state index is -0.444. The first-order chi connectivity index (χ1) is 11.6. The number of hydrazine groups is 1. The van der Waals surface area contributed by atoms with Crippen LogP contribution in [0, 0.1) is 0 Å². The number of allylic oxidation sites excluding steroid dienone is 1. The topological polar surface area (TPSA) is 99.9 Å². The normalized spacial score (nSPS) is 10.9. The Morgan fingerprint density at radius 1 is 1.25 bits per heavy atom. The number of hydrogen-bond acceptors (Lipinski definition) is 5. The van der Waals surface area contributed by atoms with E-state index in [1.165, 1.54) is 10.6 Å². The number of imidazole rings is 1. The third kappa shape index (κ3) is 2.42. The zero-order chi connectivity index (χ0) is 17.3. The molecule has 0 amide bonds. The quantitative estimate of drug-likeness (QED) is 0.402. The number of aryl methyl sites for hydroxylation is 1. The van der Waals surface area contributed by atoms with Crippen molar-refractivity contribution in [2.75, 3.05) is 5.43 Å². The number of nitrogens with two attached hydrogens (primary N) is 1. The van der Waals surface area contributed by atoms with Crippen LogP contribution >= 0.6 is 0 Å². The van der Waals surface area contributed by atoms with E-state index in [4.69, 9.17) is 5.84 Å². The van der Waals surface area contributed by atoms with Gasteiger partial charge in [0.25, 0.3) is 5.56 Å². The zero-order valence-corrected chi connectivity index (χ0v) is 13.3. The molecule has 8 nitrogen and oxygen atoms in total. The van der Waals surface area contributed by atoms with Gasteiger partial charge >= 0.3 is 5.69 Å². The Balaban J connectivity index is 2.33. The van der Waals surface area contributed by atoms with Crippen LogP contribution in [0.1, 0.15) is 5.56 Å². The number of anilines is 1. The minimum absolute atomic E-state index is 0.128. The Morgan fingerprint density at radius 3 is 2.58 bits per heavy atom. The van der Waals surface area contributed by atoms with Crippen LogP contribution in [0.25, 0.3) is 11.2 Å². The number of rotatable bonds is 5. The monoisotopic (exact) mass is 326 g/mol. The third-order valence-corrected chi connectivity index (χ3v) is 3.86. The van der Waals surface area contributed by atoms with E-state index in [-0.39, 0.29) is 12.2 Å². The summed E-state index contributed by atoms with van der Waals surface area (Å²) in [5.74, 6) is 5.87. The average molecular weight is 326 g/mol. The number of nitrogens with one attached hydrogen (secondary N) is 1. The molecule has 0 bridgehead atoms. The highest BCUT2D eigenvalue weighted by Crippen LogP contribution is 2.17. The lowest BCUT2D eigenvalue weighted by Gasteiger charge is -2.10. The molecule has 8 heteroatoms. The molecule has 2 heterocycles. The molecule has 0 aliphatic rings. The molecule has 3 aromatic rings. The molecular formula is C16H18N6O2. The summed E-state index contributed by atoms with van der Waals surface area (Å²) in [6, 6.07) is 9.62. The fourth-order valence-electron chi connectivity index (χ4n) is 2.69. The van der Waals surface area contributed by atoms with Gasteiger partial charge in [0.1, 0.15) is 0 Å². The van der Waals surface area contributed by atoms with Gasteiger partial charge in [-0.2, -0.15) is 4.98 Å². The van der Waals surface area contributed by atoms with E-state index in [0.717, 1.165) is 10.1 Å². The number of benzene rings is 1. The molecule has 0 saturated carbocycles. The second-order valence-corrected chi connectivity index (χ2v) is 5.37. The van der Waals surface area contributed by atoms with E-state index >= 15 is 0 Å². The lowest BCUT2D eigenvalue weighted by atomic mass is 10.2. The van der Waals surface area contributed by atoms with E-state index in [9.17, 15) is 9.59 Å². The number of fused-ring (bicyclic) bond motifs is 1. The van der Waals surface area contributed by atoms with Crippen molar-refractivity contribution >= 4 is 17.1 Å². The maximum atomic E-state index is 12.8. The standard InChI is InChI=1S/C16H18N6O2/c1-3-9-21-14(23)12-13(20(2)16(21)24)18-15(19-17)22(12)10-11-7-5-4-6-8-11/h3-8H,1,9-10,17H2,2H3,(H,18,19). The van der Waals surface area contributed by atoms with Crippen molar-refractivity contribution in [1.29, 1.82) is 0 Å². The second-order valence-electron chi connectivity index (χ2n) is 5.37. The lowest BCUT2D eigenvalue weighted by molar-refractivity contribution is 0.663. The van der Waals surface area contributed by atoms with Gasteiger partial charge in [0.05, 0.1) is 6.54 Å². The molecule has 0 spiro atoms. The Hall–Kier alpha value is -3.13. The highest BCUT2D eigenvalue weighted by Gasteiger charge is 2.19. The molecule has 3 rings (SSSR count). The maximum absolute atomic E-state index is 12.8. The smallest absolute Gasteiger partial charge is 0.299 e. The highest BCUT2D eigenvalue weighted by atomic mass is 16.2. The Morgan fingerprint density at radius 2 is 1.96 bits per heavy atom. The summed E-state index contributed by atoms with van der Waals surface area (Å²) >= 11 is 0. The molecule has 0 saturated heterocycles. The van der Waals surface area contributed by atoms with Crippen LogP contribution in [-0.2, 0) is 20.1 Å². The molecule has 0 aliphatic carbocycles. The molecule has 124 valence electrons. The molecule has 24 heavy (non-hydrogen) atoms. The Kier molecular flexibility index (Phi) is 4.05. The summed E-state index contributed by atoms with van der Waals surface area (Å²) in [7, 11) is 1.57. The van der Waals surface area contributed by atoms with E-state index in [1.54, 1.807) is 11.6 Å². The van der Waals surface area contributed by atoms with E-state index in [2.05, 4.69) is 17.0 Å². The summed E-state index contributed by atoms with van der Waals surface area (Å²) in [5, 5.41) is 0. The van der Waals surface area contributed by atoms with Crippen LogP contribution in [0.4, 0.5) is 5.95 Å². The molecular weight excluding hydrogens is 308 g/mol. The molecule has 0 aliphatic heterocycles. The van der Waals surface area contributed by atoms with Gasteiger partial charge in [-0.1, -0.05) is 36.4 Å². The summed E-state index contributed by atoms with van der Waals surface area (Å²) in [6.07, 6.45) is 1.51. The Bertz CT molecular complexity index is 1010. The SMILES string of the molecule is C=CCn1c(=O)c2c(nc(NN)n2Cc2ccccc2)n(C)c1=O. The number of aromatic nitrogens is 4. The third-order valence-electron chi connectivity index (χ3n) is 3.86. The van der Waals surface area contributed by atoms with Crippen molar-refractivity contribution in [1.82, 2.24) is 18.7 Å². The Labute approximate surface area is 137 Å². The number of hydrogen-bond donors (Lipinski definition) is 2. The van der Waals surface area contributed by atoms with Crippen LogP contribution < -0.4 is 22.5 Å². The molecule has 0 unspecified atom stereocenters. The van der Waals surface area contributed by atoms with Crippen molar-refractivity contribution in [2.24, 2.45) is 12.9 Å². The van der Waals surface area contributed by atoms with Gasteiger partial charge in [0, 0.05) is 13.6 Å². The highest BCUT2D eigenvalue weighted by molar-refractivity contribution is 5.74. The van der Waals surface area contributed by atoms with Gasteiger partial charge < -0.3 is 0 Å². The van der Waals surface area contributed by atoms with Crippen molar-refractivity contribution in [3.8, 4) is 0 Å². The van der Waals surface area contributed by atoms with E-state index in [0.29, 0.717) is 18.0 Å². The van der Waals surface area contributed by atoms with Crippen LogP contribution in [0.3, 0.4) is 0 Å². The number of nitrogen functional groups attached to an aromatic ring is 1. The lowest BCUT2D eigenvalue weighted by Crippen LogP contribution is -2.39. The molecule has 1 aromatic carbocycles. The van der Waals surface area contributed by atoms with E-state index in [1.807, 2.05) is 30.3 Å². The van der Waals surface area contributed by atoms with Crippen LogP contribution in [0.2, 0.25) is 0 Å². The molecule has 0 atom stereocenters. The fourth-order valence-corrected chi connectivity index (χ4v) is 2.69.